The number of aromatic nitrogens is 3. The van der Waals surface area contributed by atoms with E-state index in [1.54, 1.807) is 7.05 Å². The minimum Gasteiger partial charge on any atom is -0.453 e. The highest BCUT2D eigenvalue weighted by Crippen LogP contribution is 2.35. The van der Waals surface area contributed by atoms with Crippen LogP contribution in [0, 0.1) is 17.1 Å². The van der Waals surface area contributed by atoms with Crippen molar-refractivity contribution in [2.45, 2.75) is 6.42 Å². The summed E-state index contributed by atoms with van der Waals surface area (Å²) in [6, 6.07) is 9.28. The van der Waals surface area contributed by atoms with Crippen molar-refractivity contribution < 1.29 is 9.13 Å². The van der Waals surface area contributed by atoms with Crippen LogP contribution in [-0.2, 0) is 20.5 Å². The summed E-state index contributed by atoms with van der Waals surface area (Å²) in [7, 11) is 3.08. The summed E-state index contributed by atoms with van der Waals surface area (Å²) in [4.78, 5) is 11.8. The summed E-state index contributed by atoms with van der Waals surface area (Å²) in [5.74, 6) is -0.299. The van der Waals surface area contributed by atoms with E-state index in [0.717, 1.165) is 0 Å². The maximum atomic E-state index is 15.0. The number of hydrogen-bond acceptors (Lipinski definition) is 4. The fraction of sp³-hybridized carbons (Fsp3) is 0.167. The molecule has 0 spiro atoms. The van der Waals surface area contributed by atoms with E-state index in [9.17, 15) is 9.18 Å². The van der Waals surface area contributed by atoms with Crippen LogP contribution in [0.25, 0.3) is 0 Å². The number of rotatable bonds is 4. The molecule has 0 amide bonds. The number of hydrogen-bond donors (Lipinski definition) is 0. The van der Waals surface area contributed by atoms with Crippen molar-refractivity contribution >= 4 is 23.2 Å². The minimum atomic E-state index is -0.681. The van der Waals surface area contributed by atoms with Crippen LogP contribution in [-0.4, -0.2) is 14.3 Å². The Morgan fingerprint density at radius 2 is 2.00 bits per heavy atom. The average molecular weight is 407 g/mol. The highest BCUT2D eigenvalue weighted by molar-refractivity contribution is 6.32. The van der Waals surface area contributed by atoms with E-state index in [4.69, 9.17) is 33.2 Å². The molecule has 1 aromatic heterocycles. The topological polar surface area (TPSA) is 72.8 Å². The Morgan fingerprint density at radius 3 is 2.63 bits per heavy atom. The van der Waals surface area contributed by atoms with Gasteiger partial charge in [-0.3, -0.25) is 4.57 Å². The second-order valence-corrected chi connectivity index (χ2v) is 6.64. The molecule has 1 heterocycles. The van der Waals surface area contributed by atoms with Crippen LogP contribution < -0.4 is 10.4 Å². The Balaban J connectivity index is 1.99. The molecule has 0 aliphatic heterocycles. The number of halogens is 3. The molecule has 3 aromatic rings. The van der Waals surface area contributed by atoms with E-state index in [1.807, 2.05) is 6.07 Å². The average Bonchev–Trinajstić information content (AvgIpc) is 2.87. The van der Waals surface area contributed by atoms with Crippen LogP contribution in [0.2, 0.25) is 10.0 Å². The molecule has 0 saturated carbocycles. The molecule has 138 valence electrons. The van der Waals surface area contributed by atoms with Crippen molar-refractivity contribution in [3.8, 4) is 17.6 Å². The van der Waals surface area contributed by atoms with Gasteiger partial charge in [0.25, 0.3) is 0 Å². The summed E-state index contributed by atoms with van der Waals surface area (Å²) in [5.41, 5.74) is 0.220. The Bertz CT molecular complexity index is 1130. The van der Waals surface area contributed by atoms with Gasteiger partial charge in [-0.2, -0.15) is 10.4 Å². The zero-order valence-electron chi connectivity index (χ0n) is 14.3. The SMILES string of the molecule is Cn1nc(Cc2ccc(Cl)c(Oc3cc(Cl)cc(C#N)c3)c2F)n(C)c1=O. The molecule has 0 aliphatic rings. The summed E-state index contributed by atoms with van der Waals surface area (Å²) in [6.45, 7) is 0. The monoisotopic (exact) mass is 406 g/mol. The van der Waals surface area contributed by atoms with Gasteiger partial charge in [-0.25, -0.2) is 13.9 Å². The fourth-order valence-electron chi connectivity index (χ4n) is 2.54. The van der Waals surface area contributed by atoms with E-state index in [0.29, 0.717) is 5.82 Å². The van der Waals surface area contributed by atoms with E-state index in [2.05, 4.69) is 5.10 Å². The highest BCUT2D eigenvalue weighted by atomic mass is 35.5. The maximum absolute atomic E-state index is 15.0. The van der Waals surface area contributed by atoms with Crippen molar-refractivity contribution in [1.29, 1.82) is 5.26 Å². The second kappa shape index (κ2) is 7.43. The van der Waals surface area contributed by atoms with Crippen molar-refractivity contribution in [3.63, 3.8) is 0 Å². The van der Waals surface area contributed by atoms with Crippen LogP contribution in [0.5, 0.6) is 11.5 Å². The molecule has 6 nitrogen and oxygen atoms in total. The summed E-state index contributed by atoms with van der Waals surface area (Å²) in [5, 5.41) is 13.4. The Morgan fingerprint density at radius 1 is 1.26 bits per heavy atom. The second-order valence-electron chi connectivity index (χ2n) is 5.80. The maximum Gasteiger partial charge on any atom is 0.345 e. The first-order chi connectivity index (χ1) is 12.8. The van der Waals surface area contributed by atoms with Gasteiger partial charge in [0.05, 0.1) is 16.7 Å². The van der Waals surface area contributed by atoms with Gasteiger partial charge >= 0.3 is 5.69 Å². The predicted octanol–water partition coefficient (Wildman–Crippen LogP) is 3.82. The quantitative estimate of drug-likeness (QED) is 0.659. The first-order valence-electron chi connectivity index (χ1n) is 7.74. The van der Waals surface area contributed by atoms with Gasteiger partial charge < -0.3 is 4.74 Å². The van der Waals surface area contributed by atoms with E-state index < -0.39 is 5.82 Å². The number of aryl methyl sites for hydroxylation is 1. The number of benzene rings is 2. The van der Waals surface area contributed by atoms with Crippen LogP contribution in [0.1, 0.15) is 17.0 Å². The Kier molecular flexibility index (Phi) is 5.22. The summed E-state index contributed by atoms with van der Waals surface area (Å²) < 4.78 is 23.1. The predicted molar refractivity (Wildman–Crippen MR) is 98.9 cm³/mol. The standard InChI is InChI=1S/C18H13Cl2FN4O2/c1-24-15(23-25(2)18(24)26)7-11-3-4-14(20)17(16(11)21)27-13-6-10(9-22)5-12(19)8-13/h3-6,8H,7H2,1-2H3. The fourth-order valence-corrected chi connectivity index (χ4v) is 2.95. The molecule has 0 radical (unpaired) electrons. The van der Waals surface area contributed by atoms with Crippen LogP contribution in [0.15, 0.2) is 35.1 Å². The molecule has 27 heavy (non-hydrogen) atoms. The lowest BCUT2D eigenvalue weighted by Gasteiger charge is -2.12. The molecule has 0 bridgehead atoms. The summed E-state index contributed by atoms with van der Waals surface area (Å²) in [6.07, 6.45) is 0.0743. The van der Waals surface area contributed by atoms with Gasteiger partial charge in [-0.05, 0) is 29.8 Å². The third kappa shape index (κ3) is 3.82. The van der Waals surface area contributed by atoms with Gasteiger partial charge in [0.2, 0.25) is 0 Å². The van der Waals surface area contributed by atoms with Gasteiger partial charge in [0, 0.05) is 25.5 Å². The van der Waals surface area contributed by atoms with Crippen molar-refractivity contribution in [1.82, 2.24) is 14.3 Å². The van der Waals surface area contributed by atoms with Crippen molar-refractivity contribution in [2.75, 3.05) is 0 Å². The molecule has 0 aliphatic carbocycles. The zero-order chi connectivity index (χ0) is 19.7. The molecule has 0 saturated heterocycles. The number of nitriles is 1. The molecule has 0 fully saturated rings. The lowest BCUT2D eigenvalue weighted by molar-refractivity contribution is 0.439. The molecule has 0 N–H and O–H groups in total. The van der Waals surface area contributed by atoms with E-state index >= 15 is 0 Å². The zero-order valence-corrected chi connectivity index (χ0v) is 15.8. The van der Waals surface area contributed by atoms with Crippen molar-refractivity contribution in [3.05, 3.63) is 73.6 Å². The van der Waals surface area contributed by atoms with Crippen LogP contribution in [0.3, 0.4) is 0 Å². The number of ether oxygens (including phenoxy) is 1. The molecular formula is C18H13Cl2FN4O2. The van der Waals surface area contributed by atoms with Crippen LogP contribution in [0.4, 0.5) is 4.39 Å². The molecule has 0 unspecified atom stereocenters. The third-order valence-electron chi connectivity index (χ3n) is 3.91. The largest absolute Gasteiger partial charge is 0.453 e. The molecule has 2 aromatic carbocycles. The lowest BCUT2D eigenvalue weighted by atomic mass is 10.1. The molecular weight excluding hydrogens is 394 g/mol. The molecule has 0 atom stereocenters. The van der Waals surface area contributed by atoms with Gasteiger partial charge in [-0.15, -0.1) is 0 Å². The van der Waals surface area contributed by atoms with Crippen molar-refractivity contribution in [2.24, 2.45) is 14.1 Å². The van der Waals surface area contributed by atoms with E-state index in [1.165, 1.54) is 46.6 Å². The summed E-state index contributed by atoms with van der Waals surface area (Å²) >= 11 is 12.0. The Hall–Kier alpha value is -2.82. The van der Waals surface area contributed by atoms with Gasteiger partial charge in [0.15, 0.2) is 11.6 Å². The molecule has 3 rings (SSSR count). The highest BCUT2D eigenvalue weighted by Gasteiger charge is 2.18. The Labute approximate surface area is 163 Å². The minimum absolute atomic E-state index is 0.0599. The normalized spacial score (nSPS) is 10.7. The first kappa shape index (κ1) is 19.0. The van der Waals surface area contributed by atoms with E-state index in [-0.39, 0.29) is 44.8 Å². The first-order valence-corrected chi connectivity index (χ1v) is 8.50. The van der Waals surface area contributed by atoms with Gasteiger partial charge in [0.1, 0.15) is 11.6 Å². The third-order valence-corrected chi connectivity index (χ3v) is 4.43. The number of nitrogens with zero attached hydrogens (tertiary/aromatic N) is 4. The smallest absolute Gasteiger partial charge is 0.345 e. The van der Waals surface area contributed by atoms with Gasteiger partial charge in [-0.1, -0.05) is 29.3 Å². The lowest BCUT2D eigenvalue weighted by Crippen LogP contribution is -2.20. The molecule has 9 heteroatoms. The van der Waals surface area contributed by atoms with Crippen LogP contribution >= 0.6 is 23.2 Å².